The molecule has 3 aliphatic rings. The molecule has 1 N–H and O–H groups in total. The Morgan fingerprint density at radius 3 is 2.64 bits per heavy atom. The molecule has 0 radical (unpaired) electrons. The normalized spacial score (nSPS) is 22.2. The van der Waals surface area contributed by atoms with Crippen LogP contribution in [0.3, 0.4) is 0 Å². The number of methoxy groups -OCH3 is 1. The van der Waals surface area contributed by atoms with Crippen LogP contribution in [-0.2, 0) is 33.8 Å². The van der Waals surface area contributed by atoms with Crippen LogP contribution in [0.4, 0.5) is 0 Å². The van der Waals surface area contributed by atoms with Crippen molar-refractivity contribution in [3.63, 3.8) is 0 Å². The van der Waals surface area contributed by atoms with Crippen molar-refractivity contribution in [1.82, 2.24) is 34.9 Å². The van der Waals surface area contributed by atoms with Gasteiger partial charge in [0.15, 0.2) is 11.6 Å². The van der Waals surface area contributed by atoms with Gasteiger partial charge < -0.3 is 15.0 Å². The number of hydrogen-bond donors (Lipinski definition) is 1. The third kappa shape index (κ3) is 6.58. The number of pyridine rings is 1. The topological polar surface area (TPSA) is 149 Å². The van der Waals surface area contributed by atoms with E-state index >= 15 is 0 Å². The van der Waals surface area contributed by atoms with Gasteiger partial charge in [-0.25, -0.2) is 15.0 Å². The number of carbonyl (C=O) groups is 4. The number of halogens is 1. The van der Waals surface area contributed by atoms with E-state index in [1.165, 1.54) is 6.92 Å². The van der Waals surface area contributed by atoms with Crippen LogP contribution < -0.4 is 10.1 Å². The molecule has 4 aromatic rings. The van der Waals surface area contributed by atoms with E-state index in [1.54, 1.807) is 41.2 Å². The third-order valence-corrected chi connectivity index (χ3v) is 10.5. The first kappa shape index (κ1) is 33.7. The highest BCUT2D eigenvalue weighted by atomic mass is 79.9. The summed E-state index contributed by atoms with van der Waals surface area (Å²) in [4.78, 5) is 69.2. The second-order valence-electron chi connectivity index (χ2n) is 13.5. The Morgan fingerprint density at radius 1 is 1.08 bits per heavy atom. The molecule has 3 aromatic heterocycles. The Hall–Kier alpha value is -4.78. The van der Waals surface area contributed by atoms with Crippen molar-refractivity contribution in [3.05, 3.63) is 76.2 Å². The Morgan fingerprint density at radius 2 is 1.88 bits per heavy atom. The number of amides is 2. The average Bonchev–Trinajstić information content (AvgIpc) is 3.49. The van der Waals surface area contributed by atoms with Crippen molar-refractivity contribution in [2.24, 2.45) is 5.41 Å². The maximum absolute atomic E-state index is 14.5. The molecule has 3 atom stereocenters. The molecule has 13 heteroatoms. The lowest BCUT2D eigenvalue weighted by Gasteiger charge is -2.27. The zero-order valence-electron chi connectivity index (χ0n) is 28.2. The molecule has 0 unspecified atom stereocenters. The maximum atomic E-state index is 14.5. The van der Waals surface area contributed by atoms with Crippen LogP contribution in [0.15, 0.2) is 53.4 Å². The predicted molar refractivity (Wildman–Crippen MR) is 188 cm³/mol. The molecule has 5 heterocycles. The van der Waals surface area contributed by atoms with Gasteiger partial charge in [-0.3, -0.25) is 23.9 Å². The number of ketones is 2. The molecule has 12 nitrogen and oxygen atoms in total. The van der Waals surface area contributed by atoms with Crippen molar-refractivity contribution in [1.29, 1.82) is 0 Å². The second kappa shape index (κ2) is 13.5. The molecule has 2 amide bonds. The smallest absolute Gasteiger partial charge is 0.245 e. The van der Waals surface area contributed by atoms with Gasteiger partial charge in [0.2, 0.25) is 11.8 Å². The number of ether oxygens (including phenoxy) is 1. The molecule has 2 aliphatic heterocycles. The number of aryl methyl sites for hydroxylation is 1. The van der Waals surface area contributed by atoms with Crippen molar-refractivity contribution >= 4 is 50.2 Å². The van der Waals surface area contributed by atoms with Crippen LogP contribution in [0.2, 0.25) is 0 Å². The average molecular weight is 741 g/mol. The summed E-state index contributed by atoms with van der Waals surface area (Å²) in [7, 11) is 1.55. The monoisotopic (exact) mass is 739 g/mol. The van der Waals surface area contributed by atoms with Gasteiger partial charge in [-0.05, 0) is 78.2 Å². The number of carbonyl (C=O) groups excluding carboxylic acids is 4. The van der Waals surface area contributed by atoms with Crippen molar-refractivity contribution in [2.75, 3.05) is 13.7 Å². The lowest BCUT2D eigenvalue weighted by atomic mass is 9.95. The van der Waals surface area contributed by atoms with E-state index in [2.05, 4.69) is 42.3 Å². The fourth-order valence-corrected chi connectivity index (χ4v) is 7.93. The Labute approximate surface area is 297 Å². The van der Waals surface area contributed by atoms with Crippen molar-refractivity contribution < 1.29 is 23.9 Å². The first-order chi connectivity index (χ1) is 24.0. The van der Waals surface area contributed by atoms with Crippen molar-refractivity contribution in [3.8, 4) is 16.9 Å². The summed E-state index contributed by atoms with van der Waals surface area (Å²) in [5.41, 5.74) is 3.63. The minimum Gasteiger partial charge on any atom is -0.497 e. The van der Waals surface area contributed by atoms with Crippen LogP contribution in [-0.4, -0.2) is 78.8 Å². The zero-order chi connectivity index (χ0) is 35.2. The van der Waals surface area contributed by atoms with Crippen LogP contribution in [0.5, 0.6) is 5.75 Å². The predicted octanol–water partition coefficient (Wildman–Crippen LogP) is 4.74. The highest BCUT2D eigenvalue weighted by molar-refractivity contribution is 9.10. The van der Waals surface area contributed by atoms with Gasteiger partial charge in [0.1, 0.15) is 28.4 Å². The highest BCUT2D eigenvalue weighted by Gasteiger charge is 2.66. The van der Waals surface area contributed by atoms with Gasteiger partial charge in [-0.15, -0.1) is 0 Å². The second-order valence-corrected chi connectivity index (χ2v) is 14.3. The summed E-state index contributed by atoms with van der Waals surface area (Å²) in [6.45, 7) is 3.54. The number of nitrogens with zero attached hydrogens (tertiary/aromatic N) is 6. The minimum absolute atomic E-state index is 0.0145. The van der Waals surface area contributed by atoms with Gasteiger partial charge in [0.05, 0.1) is 30.8 Å². The van der Waals surface area contributed by atoms with Gasteiger partial charge in [0.25, 0.3) is 0 Å². The third-order valence-electron chi connectivity index (χ3n) is 10.1. The van der Waals surface area contributed by atoms with E-state index in [1.807, 2.05) is 25.1 Å². The molecule has 2 fully saturated rings. The first-order valence-electron chi connectivity index (χ1n) is 16.8. The standard InChI is InChI=1S/C37H38BrN7O5/c1-21(46)35-28-11-24(25-17-39-22(2)40-18-25)10-23-8-6-4-5-7-9-33(48)41-20-37-15-29(30(47)13-26-12-27(50-3)14-32(38)42-26)45(31(37)16-37)34(49)19-44(43-35)36(23)28/h4,6,10-12,14,17-18,29,31H,5,7-9,13,15-16,19-20H2,1-3H3,(H,41,48)/t29-,31+,37-/m0/s1. The fourth-order valence-electron chi connectivity index (χ4n) is 7.47. The van der Waals surface area contributed by atoms with Gasteiger partial charge >= 0.3 is 0 Å². The number of Topliss-reactive ketones (excluding diaryl/α,β-unsaturated/α-hetero) is 2. The molecule has 50 heavy (non-hydrogen) atoms. The fraction of sp³-hybridized carbons (Fsp3) is 0.405. The van der Waals surface area contributed by atoms with E-state index in [0.29, 0.717) is 71.4 Å². The van der Waals surface area contributed by atoms with Crippen molar-refractivity contribution in [2.45, 2.75) is 77.4 Å². The molecule has 1 aromatic carbocycles. The summed E-state index contributed by atoms with van der Waals surface area (Å²) in [5, 5.41) is 8.46. The largest absolute Gasteiger partial charge is 0.497 e. The van der Waals surface area contributed by atoms with E-state index in [-0.39, 0.29) is 53.5 Å². The molecular formula is C37H38BrN7O5. The summed E-state index contributed by atoms with van der Waals surface area (Å²) in [6.07, 6.45) is 11.1. The van der Waals surface area contributed by atoms with E-state index in [9.17, 15) is 19.2 Å². The number of rotatable bonds is 6. The lowest BCUT2D eigenvalue weighted by molar-refractivity contribution is -0.139. The van der Waals surface area contributed by atoms with Crippen LogP contribution >= 0.6 is 15.9 Å². The van der Waals surface area contributed by atoms with E-state index in [0.717, 1.165) is 23.1 Å². The molecule has 7 rings (SSSR count). The molecular weight excluding hydrogens is 702 g/mol. The van der Waals surface area contributed by atoms with Crippen LogP contribution in [0.1, 0.15) is 66.6 Å². The molecule has 1 aliphatic carbocycles. The van der Waals surface area contributed by atoms with Gasteiger partial charge in [0, 0.05) is 66.8 Å². The number of piperidine rings is 1. The van der Waals surface area contributed by atoms with E-state index < -0.39 is 6.04 Å². The molecule has 1 saturated heterocycles. The first-order valence-corrected chi connectivity index (χ1v) is 17.6. The SMILES string of the molecule is COc1cc(Br)nc(CC(=O)[C@@H]2C[C@]34CNC(=O)CCCC=CCc5cc(-c6cnc(C)nc6)cc6c(C(C)=O)nn(c56)CC(=O)N2[C@@H]3C4)c1. The number of hydrogen-bond acceptors (Lipinski definition) is 9. The summed E-state index contributed by atoms with van der Waals surface area (Å²) < 4.78 is 7.54. The minimum atomic E-state index is -0.701. The Kier molecular flexibility index (Phi) is 9.10. The molecule has 0 spiro atoms. The maximum Gasteiger partial charge on any atom is 0.245 e. The summed E-state index contributed by atoms with van der Waals surface area (Å²) in [5.74, 6) is 0.568. The van der Waals surface area contributed by atoms with Gasteiger partial charge in [-0.2, -0.15) is 5.10 Å². The quantitative estimate of drug-likeness (QED) is 0.168. The Balaban J connectivity index is 1.29. The highest BCUT2D eigenvalue weighted by Crippen LogP contribution is 2.59. The zero-order valence-corrected chi connectivity index (χ0v) is 29.8. The molecule has 258 valence electrons. The lowest BCUT2D eigenvalue weighted by Crippen LogP contribution is -2.45. The summed E-state index contributed by atoms with van der Waals surface area (Å²) >= 11 is 3.39. The molecule has 2 bridgehead atoms. The number of benzene rings is 1. The molecule has 1 saturated carbocycles. The van der Waals surface area contributed by atoms with E-state index in [4.69, 9.17) is 9.84 Å². The number of aromatic nitrogens is 5. The van der Waals surface area contributed by atoms with Crippen LogP contribution in [0, 0.1) is 12.3 Å². The summed E-state index contributed by atoms with van der Waals surface area (Å²) in [6, 6.07) is 6.48. The Bertz CT molecular complexity index is 2060. The number of allylic oxidation sites excluding steroid dienone is 2. The van der Waals surface area contributed by atoms with Crippen LogP contribution in [0.25, 0.3) is 22.0 Å². The van der Waals surface area contributed by atoms with Gasteiger partial charge in [-0.1, -0.05) is 12.2 Å². The number of nitrogens with one attached hydrogen (secondary N) is 1.